The zero-order valence-electron chi connectivity index (χ0n) is 21.0. The van der Waals surface area contributed by atoms with Crippen molar-refractivity contribution in [1.82, 2.24) is 14.7 Å². The highest BCUT2D eigenvalue weighted by molar-refractivity contribution is 7.90. The molecule has 0 radical (unpaired) electrons. The van der Waals surface area contributed by atoms with E-state index in [2.05, 4.69) is 25.3 Å². The molecule has 1 amide bonds. The van der Waals surface area contributed by atoms with Crippen LogP contribution in [0.25, 0.3) is 11.3 Å². The summed E-state index contributed by atoms with van der Waals surface area (Å²) in [5.41, 5.74) is 1.05. The average molecular weight is 571 g/mol. The third-order valence-electron chi connectivity index (χ3n) is 6.88. The summed E-state index contributed by atoms with van der Waals surface area (Å²) in [4.78, 5) is 21.9. The van der Waals surface area contributed by atoms with Crippen molar-refractivity contribution in [1.29, 1.82) is 0 Å². The van der Waals surface area contributed by atoms with E-state index in [4.69, 9.17) is 27.9 Å². The predicted octanol–water partition coefficient (Wildman–Crippen LogP) is 4.72. The number of rotatable bonds is 9. The maximum atomic E-state index is 12.9. The van der Waals surface area contributed by atoms with Gasteiger partial charge in [0.25, 0.3) is 0 Å². The van der Waals surface area contributed by atoms with Gasteiger partial charge < -0.3 is 15.4 Å². The van der Waals surface area contributed by atoms with Crippen LogP contribution in [0.4, 0.5) is 11.6 Å². The Kier molecular flexibility index (Phi) is 9.29. The number of amides is 1. The fraction of sp³-hybridized carbons (Fsp3) is 0.560. The minimum atomic E-state index is -3.39. The molecule has 2 atom stereocenters. The molecule has 1 aliphatic heterocycles. The van der Waals surface area contributed by atoms with E-state index >= 15 is 0 Å². The van der Waals surface area contributed by atoms with Gasteiger partial charge in [-0.1, -0.05) is 23.2 Å². The van der Waals surface area contributed by atoms with Crippen molar-refractivity contribution in [2.24, 2.45) is 11.8 Å². The standard InChI is InChI=1S/C25H33Cl2N5O4S/c1-15(2)37(34,35)32-18-4-3-17(11-18)25(33)31-23-12-19(21(27)14-29-23)24-20(26)5-6-22(30-24)28-13-16-7-9-36-10-8-16/h5-6,12,14-18,32H,3-4,7-11,13H2,1-2H3,(H,28,30)(H,29,31,33)/t17-,18+/m0/s1. The Bertz CT molecular complexity index is 1220. The van der Waals surface area contributed by atoms with E-state index in [-0.39, 0.29) is 17.9 Å². The smallest absolute Gasteiger partial charge is 0.228 e. The first kappa shape index (κ1) is 28.0. The molecule has 12 heteroatoms. The molecule has 37 heavy (non-hydrogen) atoms. The Morgan fingerprint density at radius 1 is 1.11 bits per heavy atom. The molecule has 202 valence electrons. The highest BCUT2D eigenvalue weighted by Crippen LogP contribution is 2.34. The van der Waals surface area contributed by atoms with Gasteiger partial charge in [0.1, 0.15) is 11.6 Å². The summed E-state index contributed by atoms with van der Waals surface area (Å²) in [7, 11) is -3.39. The van der Waals surface area contributed by atoms with Crippen LogP contribution in [-0.4, -0.2) is 55.3 Å². The lowest BCUT2D eigenvalue weighted by Gasteiger charge is -2.22. The van der Waals surface area contributed by atoms with Crippen LogP contribution in [0.3, 0.4) is 0 Å². The number of nitrogens with one attached hydrogen (secondary N) is 3. The number of anilines is 2. The first-order valence-corrected chi connectivity index (χ1v) is 14.9. The Balaban J connectivity index is 1.43. The van der Waals surface area contributed by atoms with Crippen molar-refractivity contribution in [2.45, 2.75) is 57.2 Å². The third-order valence-corrected chi connectivity index (χ3v) is 9.38. The van der Waals surface area contributed by atoms with Gasteiger partial charge in [-0.2, -0.15) is 0 Å². The van der Waals surface area contributed by atoms with Crippen molar-refractivity contribution in [3.8, 4) is 11.3 Å². The Morgan fingerprint density at radius 3 is 2.59 bits per heavy atom. The van der Waals surface area contributed by atoms with Crippen molar-refractivity contribution in [3.63, 3.8) is 0 Å². The second-order valence-corrected chi connectivity index (χ2v) is 13.0. The summed E-state index contributed by atoms with van der Waals surface area (Å²) in [6.07, 6.45) is 5.12. The number of carbonyl (C=O) groups excluding carboxylic acids is 1. The summed E-state index contributed by atoms with van der Waals surface area (Å²) in [6.45, 7) is 5.61. The second-order valence-electron chi connectivity index (χ2n) is 9.92. The molecule has 1 saturated heterocycles. The van der Waals surface area contributed by atoms with E-state index in [1.54, 1.807) is 26.0 Å². The molecule has 3 heterocycles. The number of sulfonamides is 1. The van der Waals surface area contributed by atoms with Gasteiger partial charge in [-0.15, -0.1) is 0 Å². The molecule has 1 aliphatic carbocycles. The maximum absolute atomic E-state index is 12.9. The Hall–Kier alpha value is -1.98. The number of ether oxygens (including phenoxy) is 1. The number of pyridine rings is 2. The van der Waals surface area contributed by atoms with E-state index in [9.17, 15) is 13.2 Å². The van der Waals surface area contributed by atoms with Gasteiger partial charge in [0, 0.05) is 43.5 Å². The maximum Gasteiger partial charge on any atom is 0.228 e. The summed E-state index contributed by atoms with van der Waals surface area (Å²) in [5, 5.41) is 6.49. The van der Waals surface area contributed by atoms with Crippen LogP contribution in [0.2, 0.25) is 10.0 Å². The summed E-state index contributed by atoms with van der Waals surface area (Å²) < 4.78 is 32.5. The minimum Gasteiger partial charge on any atom is -0.381 e. The molecule has 2 aromatic rings. The highest BCUT2D eigenvalue weighted by atomic mass is 35.5. The second kappa shape index (κ2) is 12.3. The van der Waals surface area contributed by atoms with E-state index in [1.165, 1.54) is 6.20 Å². The predicted molar refractivity (Wildman–Crippen MR) is 146 cm³/mol. The van der Waals surface area contributed by atoms with Gasteiger partial charge in [0.05, 0.1) is 21.0 Å². The van der Waals surface area contributed by atoms with E-state index in [0.29, 0.717) is 58.1 Å². The van der Waals surface area contributed by atoms with E-state index in [0.717, 1.165) is 32.6 Å². The molecule has 2 fully saturated rings. The monoisotopic (exact) mass is 569 g/mol. The van der Waals surface area contributed by atoms with E-state index in [1.807, 2.05) is 6.07 Å². The number of hydrogen-bond donors (Lipinski definition) is 3. The Morgan fingerprint density at radius 2 is 1.86 bits per heavy atom. The number of aromatic nitrogens is 2. The molecule has 0 unspecified atom stereocenters. The molecular weight excluding hydrogens is 537 g/mol. The first-order chi connectivity index (χ1) is 17.6. The molecule has 4 rings (SSSR count). The number of nitrogens with zero attached hydrogens (tertiary/aromatic N) is 2. The van der Waals surface area contributed by atoms with Crippen LogP contribution in [0.1, 0.15) is 46.0 Å². The summed E-state index contributed by atoms with van der Waals surface area (Å²) >= 11 is 12.9. The molecule has 2 aliphatic rings. The first-order valence-electron chi connectivity index (χ1n) is 12.6. The Labute approximate surface area is 228 Å². The van der Waals surface area contributed by atoms with Crippen LogP contribution in [0, 0.1) is 11.8 Å². The normalized spacial score (nSPS) is 20.8. The van der Waals surface area contributed by atoms with Gasteiger partial charge in [-0.3, -0.25) is 4.79 Å². The fourth-order valence-corrected chi connectivity index (χ4v) is 5.89. The van der Waals surface area contributed by atoms with Crippen LogP contribution >= 0.6 is 23.2 Å². The van der Waals surface area contributed by atoms with Crippen molar-refractivity contribution in [3.05, 3.63) is 34.4 Å². The zero-order chi connectivity index (χ0) is 26.6. The molecule has 0 bridgehead atoms. The summed E-state index contributed by atoms with van der Waals surface area (Å²) in [5.74, 6) is 1.01. The van der Waals surface area contributed by atoms with Crippen molar-refractivity contribution < 1.29 is 17.9 Å². The van der Waals surface area contributed by atoms with Gasteiger partial charge in [0.2, 0.25) is 15.9 Å². The lowest BCUT2D eigenvalue weighted by molar-refractivity contribution is -0.119. The third kappa shape index (κ3) is 7.32. The fourth-order valence-electron chi connectivity index (χ4n) is 4.54. The SMILES string of the molecule is CC(C)S(=O)(=O)N[C@@H]1CC[C@H](C(=O)Nc2cc(-c3nc(NCC4CCOCC4)ccc3Cl)c(Cl)cn2)C1. The molecule has 1 saturated carbocycles. The van der Waals surface area contributed by atoms with E-state index < -0.39 is 15.3 Å². The van der Waals surface area contributed by atoms with Crippen molar-refractivity contribution >= 4 is 50.8 Å². The molecule has 9 nitrogen and oxygen atoms in total. The molecule has 0 spiro atoms. The van der Waals surface area contributed by atoms with Gasteiger partial charge in [-0.05, 0) is 70.1 Å². The molecule has 3 N–H and O–H groups in total. The van der Waals surface area contributed by atoms with Crippen molar-refractivity contribution in [2.75, 3.05) is 30.4 Å². The van der Waals surface area contributed by atoms with Crippen LogP contribution < -0.4 is 15.4 Å². The molecule has 0 aromatic carbocycles. The average Bonchev–Trinajstić information content (AvgIpc) is 3.33. The molecule has 2 aromatic heterocycles. The van der Waals surface area contributed by atoms with Crippen LogP contribution in [0.15, 0.2) is 24.4 Å². The number of hydrogen-bond acceptors (Lipinski definition) is 7. The number of carbonyl (C=O) groups is 1. The quantitative estimate of drug-likeness (QED) is 0.399. The lowest BCUT2D eigenvalue weighted by atomic mass is 10.0. The largest absolute Gasteiger partial charge is 0.381 e. The topological polar surface area (TPSA) is 122 Å². The van der Waals surface area contributed by atoms with Gasteiger partial charge in [0.15, 0.2) is 0 Å². The van der Waals surface area contributed by atoms with Gasteiger partial charge in [-0.25, -0.2) is 23.1 Å². The lowest BCUT2D eigenvalue weighted by Crippen LogP contribution is -2.38. The summed E-state index contributed by atoms with van der Waals surface area (Å²) in [6, 6.07) is 5.00. The van der Waals surface area contributed by atoms with Crippen LogP contribution in [-0.2, 0) is 19.6 Å². The van der Waals surface area contributed by atoms with Gasteiger partial charge >= 0.3 is 0 Å². The highest BCUT2D eigenvalue weighted by Gasteiger charge is 2.33. The molecular formula is C25H33Cl2N5O4S. The number of halogens is 2. The minimum absolute atomic E-state index is 0.210. The zero-order valence-corrected chi connectivity index (χ0v) is 23.3. The van der Waals surface area contributed by atoms with Crippen LogP contribution in [0.5, 0.6) is 0 Å².